The van der Waals surface area contributed by atoms with E-state index in [1.807, 2.05) is 48.2 Å². The Labute approximate surface area is 141 Å². The largest absolute Gasteiger partial charge is 0.461 e. The Balaban J connectivity index is 1.39. The average molecular weight is 328 g/mol. The zero-order valence-electron chi connectivity index (χ0n) is 12.9. The van der Waals surface area contributed by atoms with Gasteiger partial charge >= 0.3 is 5.97 Å². The number of rotatable bonds is 6. The van der Waals surface area contributed by atoms with Gasteiger partial charge in [-0.3, -0.25) is 0 Å². The molecule has 0 saturated carbocycles. The molecule has 0 spiro atoms. The van der Waals surface area contributed by atoms with Crippen LogP contribution >= 0.6 is 11.8 Å². The molecule has 120 valence electrons. The molecule has 0 aliphatic carbocycles. The Bertz CT molecular complexity index is 615. The molecule has 1 saturated heterocycles. The molecular formula is C19H20O3S. The highest BCUT2D eigenvalue weighted by atomic mass is 32.2. The van der Waals surface area contributed by atoms with E-state index in [0.29, 0.717) is 24.0 Å². The maximum absolute atomic E-state index is 11.9. The predicted molar refractivity (Wildman–Crippen MR) is 92.6 cm³/mol. The first-order valence-corrected chi connectivity index (χ1v) is 8.85. The van der Waals surface area contributed by atoms with Gasteiger partial charge in [0.05, 0.1) is 18.3 Å². The zero-order valence-corrected chi connectivity index (χ0v) is 13.7. The van der Waals surface area contributed by atoms with Crippen LogP contribution in [0.3, 0.4) is 0 Å². The number of ether oxygens (including phenoxy) is 2. The third kappa shape index (κ3) is 4.85. The van der Waals surface area contributed by atoms with Gasteiger partial charge in [-0.15, -0.1) is 0 Å². The number of hydrogen-bond donors (Lipinski definition) is 0. The summed E-state index contributed by atoms with van der Waals surface area (Å²) in [5, 5.41) is 0.323. The summed E-state index contributed by atoms with van der Waals surface area (Å²) in [5.41, 5.74) is 1.80. The first-order chi connectivity index (χ1) is 11.3. The SMILES string of the molecule is O=C(OC[C@H]1C[C@H](OCc2ccccc2)CS1)c1ccccc1. The number of benzene rings is 2. The van der Waals surface area contributed by atoms with Gasteiger partial charge in [-0.05, 0) is 24.1 Å². The van der Waals surface area contributed by atoms with Crippen molar-refractivity contribution in [1.29, 1.82) is 0 Å². The molecule has 0 bridgehead atoms. The maximum Gasteiger partial charge on any atom is 0.338 e. The molecule has 3 rings (SSSR count). The van der Waals surface area contributed by atoms with Crippen molar-refractivity contribution in [3.63, 3.8) is 0 Å². The molecule has 0 N–H and O–H groups in total. The van der Waals surface area contributed by atoms with Crippen molar-refractivity contribution in [1.82, 2.24) is 0 Å². The third-order valence-corrected chi connectivity index (χ3v) is 5.15. The second-order valence-corrected chi connectivity index (χ2v) is 6.91. The third-order valence-electron chi connectivity index (χ3n) is 3.78. The van der Waals surface area contributed by atoms with E-state index >= 15 is 0 Å². The van der Waals surface area contributed by atoms with Crippen LogP contribution in [0.2, 0.25) is 0 Å². The van der Waals surface area contributed by atoms with Gasteiger partial charge in [0, 0.05) is 11.0 Å². The van der Waals surface area contributed by atoms with Gasteiger partial charge in [0.2, 0.25) is 0 Å². The lowest BCUT2D eigenvalue weighted by atomic mass is 10.2. The van der Waals surface area contributed by atoms with Crippen molar-refractivity contribution in [2.45, 2.75) is 24.4 Å². The van der Waals surface area contributed by atoms with Gasteiger partial charge in [0.1, 0.15) is 6.61 Å². The predicted octanol–water partition coefficient (Wildman–Crippen LogP) is 3.93. The maximum atomic E-state index is 11.9. The van der Waals surface area contributed by atoms with Crippen LogP contribution in [0.25, 0.3) is 0 Å². The summed E-state index contributed by atoms with van der Waals surface area (Å²) in [5.74, 6) is 0.709. The van der Waals surface area contributed by atoms with E-state index in [1.165, 1.54) is 5.56 Å². The normalized spacial score (nSPS) is 20.3. The summed E-state index contributed by atoms with van der Waals surface area (Å²) in [6.07, 6.45) is 1.17. The number of esters is 1. The Hall–Kier alpha value is -1.78. The molecule has 0 unspecified atom stereocenters. The highest BCUT2D eigenvalue weighted by Crippen LogP contribution is 2.29. The summed E-state index contributed by atoms with van der Waals surface area (Å²) < 4.78 is 11.4. The average Bonchev–Trinajstić information content (AvgIpc) is 3.07. The molecule has 1 fully saturated rings. The summed E-state index contributed by atoms with van der Waals surface area (Å²) in [6, 6.07) is 19.3. The van der Waals surface area contributed by atoms with E-state index in [0.717, 1.165) is 12.2 Å². The number of hydrogen-bond acceptors (Lipinski definition) is 4. The first-order valence-electron chi connectivity index (χ1n) is 7.80. The van der Waals surface area contributed by atoms with Crippen molar-refractivity contribution < 1.29 is 14.3 Å². The fourth-order valence-electron chi connectivity index (χ4n) is 2.52. The van der Waals surface area contributed by atoms with Gasteiger partial charge in [-0.2, -0.15) is 11.8 Å². The van der Waals surface area contributed by atoms with E-state index in [4.69, 9.17) is 9.47 Å². The first kappa shape index (κ1) is 16.1. The van der Waals surface area contributed by atoms with Crippen molar-refractivity contribution in [3.8, 4) is 0 Å². The van der Waals surface area contributed by atoms with E-state index in [9.17, 15) is 4.79 Å². The minimum Gasteiger partial charge on any atom is -0.461 e. The zero-order chi connectivity index (χ0) is 15.9. The summed E-state index contributed by atoms with van der Waals surface area (Å²) in [4.78, 5) is 11.9. The Kier molecular flexibility index (Phi) is 5.72. The van der Waals surface area contributed by atoms with Crippen LogP contribution < -0.4 is 0 Å². The monoisotopic (exact) mass is 328 g/mol. The van der Waals surface area contributed by atoms with Crippen LogP contribution in [0.5, 0.6) is 0 Å². The highest BCUT2D eigenvalue weighted by molar-refractivity contribution is 8.00. The van der Waals surface area contributed by atoms with Gasteiger partial charge in [-0.1, -0.05) is 48.5 Å². The lowest BCUT2D eigenvalue weighted by Gasteiger charge is -2.12. The summed E-state index contributed by atoms with van der Waals surface area (Å²) in [7, 11) is 0. The molecule has 3 nitrogen and oxygen atoms in total. The summed E-state index contributed by atoms with van der Waals surface area (Å²) in [6.45, 7) is 1.09. The topological polar surface area (TPSA) is 35.5 Å². The molecule has 1 aliphatic rings. The van der Waals surface area contributed by atoms with Crippen LogP contribution in [0.1, 0.15) is 22.3 Å². The summed E-state index contributed by atoms with van der Waals surface area (Å²) >= 11 is 1.82. The fraction of sp³-hybridized carbons (Fsp3) is 0.316. The highest BCUT2D eigenvalue weighted by Gasteiger charge is 2.27. The molecule has 0 amide bonds. The molecule has 2 aromatic rings. The van der Waals surface area contributed by atoms with Gasteiger partial charge in [0.25, 0.3) is 0 Å². The fourth-order valence-corrected chi connectivity index (χ4v) is 3.75. The quantitative estimate of drug-likeness (QED) is 0.753. The molecule has 4 heteroatoms. The van der Waals surface area contributed by atoms with Crippen molar-refractivity contribution >= 4 is 17.7 Å². The number of carbonyl (C=O) groups is 1. The molecule has 1 aliphatic heterocycles. The van der Waals surface area contributed by atoms with Crippen LogP contribution in [-0.4, -0.2) is 29.7 Å². The lowest BCUT2D eigenvalue weighted by Crippen LogP contribution is -2.17. The Morgan fingerprint density at radius 2 is 1.74 bits per heavy atom. The lowest BCUT2D eigenvalue weighted by molar-refractivity contribution is 0.0407. The molecule has 2 atom stereocenters. The standard InChI is InChI=1S/C19H20O3S/c20-19(16-9-5-2-6-10-16)22-13-18-11-17(14-23-18)21-12-15-7-3-1-4-8-15/h1-10,17-18H,11-14H2/t17-,18+/m0/s1. The van der Waals surface area contributed by atoms with E-state index < -0.39 is 0 Å². The van der Waals surface area contributed by atoms with Gasteiger partial charge < -0.3 is 9.47 Å². The smallest absolute Gasteiger partial charge is 0.338 e. The van der Waals surface area contributed by atoms with Crippen LogP contribution in [0, 0.1) is 0 Å². The minimum atomic E-state index is -0.250. The van der Waals surface area contributed by atoms with E-state index in [-0.39, 0.29) is 12.1 Å². The molecular weight excluding hydrogens is 308 g/mol. The second kappa shape index (κ2) is 8.18. The molecule has 2 aromatic carbocycles. The molecule has 0 radical (unpaired) electrons. The van der Waals surface area contributed by atoms with Gasteiger partial charge in [0.15, 0.2) is 0 Å². The van der Waals surface area contributed by atoms with Crippen molar-refractivity contribution in [3.05, 3.63) is 71.8 Å². The van der Waals surface area contributed by atoms with Crippen molar-refractivity contribution in [2.75, 3.05) is 12.4 Å². The van der Waals surface area contributed by atoms with E-state index in [2.05, 4.69) is 12.1 Å². The Morgan fingerprint density at radius 1 is 1.04 bits per heavy atom. The number of carbonyl (C=O) groups excluding carboxylic acids is 1. The van der Waals surface area contributed by atoms with Crippen LogP contribution in [-0.2, 0) is 16.1 Å². The van der Waals surface area contributed by atoms with Crippen LogP contribution in [0.15, 0.2) is 60.7 Å². The molecule has 23 heavy (non-hydrogen) atoms. The second-order valence-electron chi connectivity index (χ2n) is 5.57. The number of thioether (sulfide) groups is 1. The molecule has 0 aromatic heterocycles. The molecule has 1 heterocycles. The van der Waals surface area contributed by atoms with Gasteiger partial charge in [-0.25, -0.2) is 4.79 Å². The Morgan fingerprint density at radius 3 is 2.48 bits per heavy atom. The van der Waals surface area contributed by atoms with E-state index in [1.54, 1.807) is 12.1 Å². The van der Waals surface area contributed by atoms with Crippen LogP contribution in [0.4, 0.5) is 0 Å². The minimum absolute atomic E-state index is 0.237. The van der Waals surface area contributed by atoms with Crippen molar-refractivity contribution in [2.24, 2.45) is 0 Å².